The largest absolute Gasteiger partial charge is 0.276 e. The lowest BCUT2D eigenvalue weighted by atomic mass is 10.1. The van der Waals surface area contributed by atoms with Gasteiger partial charge >= 0.3 is 0 Å². The van der Waals surface area contributed by atoms with E-state index in [9.17, 15) is 20.2 Å². The molecule has 0 aromatic heterocycles. The summed E-state index contributed by atoms with van der Waals surface area (Å²) in [6.07, 6.45) is 0. The van der Waals surface area contributed by atoms with Gasteiger partial charge in [0.2, 0.25) is 0 Å². The summed E-state index contributed by atoms with van der Waals surface area (Å²) in [4.78, 5) is 25.3. The van der Waals surface area contributed by atoms with Gasteiger partial charge in [0.1, 0.15) is 6.61 Å². The third-order valence-electron chi connectivity index (χ3n) is 3.09. The fourth-order valence-electron chi connectivity index (χ4n) is 1.91. The molecule has 2 aromatic rings. The lowest BCUT2D eigenvalue weighted by molar-refractivity contribution is -0.394. The minimum absolute atomic E-state index is 0.117. The van der Waals surface area contributed by atoms with E-state index in [2.05, 4.69) is 10.7 Å². The van der Waals surface area contributed by atoms with Gasteiger partial charge in [-0.2, -0.15) is 10.7 Å². The van der Waals surface area contributed by atoms with Gasteiger partial charge in [0, 0.05) is 12.1 Å². The molecule has 0 saturated heterocycles. The highest BCUT2D eigenvalue weighted by Gasteiger charge is 2.16. The van der Waals surface area contributed by atoms with Gasteiger partial charge in [0.15, 0.2) is 0 Å². The number of hydrazone groups is 1. The van der Waals surface area contributed by atoms with Crippen LogP contribution in [0.1, 0.15) is 18.1 Å². The number of hydrogen-bond acceptors (Lipinski definition) is 7. The first-order chi connectivity index (χ1) is 11.5. The fourth-order valence-corrected chi connectivity index (χ4v) is 1.91. The topological polar surface area (TPSA) is 120 Å². The van der Waals surface area contributed by atoms with Crippen molar-refractivity contribution in [3.8, 4) is 0 Å². The van der Waals surface area contributed by atoms with Crippen molar-refractivity contribution >= 4 is 17.1 Å². The molecule has 0 spiro atoms. The number of nitro groups is 2. The Hall–Kier alpha value is -3.33. The molecule has 0 fully saturated rings. The van der Waals surface area contributed by atoms with Gasteiger partial charge in [-0.05, 0) is 18.1 Å². The molecule has 124 valence electrons. The van der Waals surface area contributed by atoms with Crippen molar-refractivity contribution in [1.82, 2.24) is 5.59 Å². The van der Waals surface area contributed by atoms with E-state index >= 15 is 0 Å². The van der Waals surface area contributed by atoms with Crippen LogP contribution in [0.25, 0.3) is 0 Å². The van der Waals surface area contributed by atoms with Gasteiger partial charge in [-0.1, -0.05) is 30.3 Å². The summed E-state index contributed by atoms with van der Waals surface area (Å²) in [5, 5.41) is 25.6. The van der Waals surface area contributed by atoms with Crippen LogP contribution >= 0.6 is 0 Å². The van der Waals surface area contributed by atoms with Crippen molar-refractivity contribution in [1.29, 1.82) is 0 Å². The lowest BCUT2D eigenvalue weighted by Crippen LogP contribution is -2.10. The van der Waals surface area contributed by atoms with E-state index in [1.165, 1.54) is 12.1 Å². The van der Waals surface area contributed by atoms with Gasteiger partial charge in [-0.15, -0.1) is 0 Å². The molecule has 0 amide bonds. The van der Waals surface area contributed by atoms with Crippen LogP contribution in [0, 0.1) is 20.2 Å². The van der Waals surface area contributed by atoms with Gasteiger partial charge < -0.3 is 0 Å². The standard InChI is InChI=1S/C15H14N4O5/c1-11(13-5-3-2-4-6-13)16-17-24-10-12-7-14(18(20)21)9-15(8-12)19(22)23/h2-9,17H,10H2,1H3/b16-11+. The molecule has 9 heteroatoms. The number of nitro benzene ring substituents is 2. The second-order valence-electron chi connectivity index (χ2n) is 4.82. The zero-order chi connectivity index (χ0) is 17.5. The van der Waals surface area contributed by atoms with Gasteiger partial charge in [-0.25, -0.2) is 0 Å². The zero-order valence-corrected chi connectivity index (χ0v) is 12.7. The van der Waals surface area contributed by atoms with Gasteiger partial charge in [0.25, 0.3) is 11.4 Å². The van der Waals surface area contributed by atoms with E-state index in [0.29, 0.717) is 5.71 Å². The minimum Gasteiger partial charge on any atom is -0.258 e. The molecule has 0 aliphatic heterocycles. The van der Waals surface area contributed by atoms with E-state index in [4.69, 9.17) is 4.84 Å². The van der Waals surface area contributed by atoms with Gasteiger partial charge in [0.05, 0.1) is 21.6 Å². The molecule has 0 radical (unpaired) electrons. The Morgan fingerprint density at radius 3 is 2.21 bits per heavy atom. The summed E-state index contributed by atoms with van der Waals surface area (Å²) in [7, 11) is 0. The molecule has 0 atom stereocenters. The number of rotatable bonds is 7. The summed E-state index contributed by atoms with van der Waals surface area (Å²) in [6.45, 7) is 1.66. The van der Waals surface area contributed by atoms with E-state index < -0.39 is 9.85 Å². The average molecular weight is 330 g/mol. The first-order valence-electron chi connectivity index (χ1n) is 6.86. The number of nitrogens with one attached hydrogen (secondary N) is 1. The highest BCUT2D eigenvalue weighted by atomic mass is 16.7. The van der Waals surface area contributed by atoms with Crippen molar-refractivity contribution in [3.63, 3.8) is 0 Å². The Balaban J connectivity index is 2.01. The van der Waals surface area contributed by atoms with Crippen LogP contribution in [0.4, 0.5) is 11.4 Å². The second-order valence-corrected chi connectivity index (χ2v) is 4.82. The van der Waals surface area contributed by atoms with E-state index in [-0.39, 0.29) is 23.5 Å². The normalized spacial score (nSPS) is 11.1. The molecule has 0 aliphatic rings. The predicted molar refractivity (Wildman–Crippen MR) is 86.3 cm³/mol. The summed E-state index contributed by atoms with van der Waals surface area (Å²) in [6, 6.07) is 12.7. The predicted octanol–water partition coefficient (Wildman–Crippen LogP) is 2.95. The quantitative estimate of drug-likeness (QED) is 0.361. The minimum atomic E-state index is -0.693. The van der Waals surface area contributed by atoms with Crippen LogP contribution in [0.3, 0.4) is 0 Å². The fraction of sp³-hybridized carbons (Fsp3) is 0.133. The molecule has 0 aliphatic carbocycles. The Morgan fingerprint density at radius 2 is 1.67 bits per heavy atom. The molecule has 0 saturated carbocycles. The molecule has 9 nitrogen and oxygen atoms in total. The van der Waals surface area contributed by atoms with Crippen LogP contribution < -0.4 is 5.59 Å². The maximum absolute atomic E-state index is 10.8. The zero-order valence-electron chi connectivity index (χ0n) is 12.7. The van der Waals surface area contributed by atoms with Crippen molar-refractivity contribution < 1.29 is 14.7 Å². The number of non-ortho nitro benzene ring substituents is 2. The van der Waals surface area contributed by atoms with E-state index in [1.54, 1.807) is 6.92 Å². The molecular weight excluding hydrogens is 316 g/mol. The Bertz CT molecular complexity index is 744. The van der Waals surface area contributed by atoms with Crippen LogP contribution in [0.5, 0.6) is 0 Å². The maximum atomic E-state index is 10.8. The molecule has 2 aromatic carbocycles. The number of benzene rings is 2. The van der Waals surface area contributed by atoms with Crippen LogP contribution in [0.15, 0.2) is 53.6 Å². The van der Waals surface area contributed by atoms with Crippen LogP contribution in [0.2, 0.25) is 0 Å². The van der Waals surface area contributed by atoms with Crippen molar-refractivity contribution in [2.24, 2.45) is 5.10 Å². The molecular formula is C15H14N4O5. The molecule has 24 heavy (non-hydrogen) atoms. The maximum Gasteiger partial charge on any atom is 0.276 e. The molecule has 0 unspecified atom stereocenters. The van der Waals surface area contributed by atoms with Crippen molar-refractivity contribution in [2.75, 3.05) is 0 Å². The summed E-state index contributed by atoms with van der Waals surface area (Å²) in [5.41, 5.74) is 3.51. The van der Waals surface area contributed by atoms with Gasteiger partial charge in [-0.3, -0.25) is 25.1 Å². The SMILES string of the molecule is C/C(=N\NOCc1cc([N+](=O)[O-])cc([N+](=O)[O-])c1)c1ccccc1. The third kappa shape index (κ3) is 4.58. The lowest BCUT2D eigenvalue weighted by Gasteiger charge is -2.05. The number of nitrogens with zero attached hydrogens (tertiary/aromatic N) is 3. The second kappa shape index (κ2) is 7.79. The number of hydrogen-bond donors (Lipinski definition) is 1. The smallest absolute Gasteiger partial charge is 0.258 e. The summed E-state index contributed by atoms with van der Waals surface area (Å²) >= 11 is 0. The monoisotopic (exact) mass is 330 g/mol. The molecule has 1 N–H and O–H groups in total. The highest BCUT2D eigenvalue weighted by molar-refractivity contribution is 5.98. The van der Waals surface area contributed by atoms with Crippen LogP contribution in [-0.2, 0) is 11.4 Å². The average Bonchev–Trinajstić information content (AvgIpc) is 2.59. The van der Waals surface area contributed by atoms with Crippen LogP contribution in [-0.4, -0.2) is 15.6 Å². The third-order valence-corrected chi connectivity index (χ3v) is 3.09. The summed E-state index contributed by atoms with van der Waals surface area (Å²) in [5.74, 6) is 0. The summed E-state index contributed by atoms with van der Waals surface area (Å²) < 4.78 is 0. The first-order valence-corrected chi connectivity index (χ1v) is 6.86. The van der Waals surface area contributed by atoms with Crippen molar-refractivity contribution in [3.05, 3.63) is 79.9 Å². The molecule has 2 rings (SSSR count). The Morgan fingerprint density at radius 1 is 1.08 bits per heavy atom. The first kappa shape index (κ1) is 17.0. The highest BCUT2D eigenvalue weighted by Crippen LogP contribution is 2.22. The molecule has 0 heterocycles. The molecule has 0 bridgehead atoms. The van der Waals surface area contributed by atoms with E-state index in [1.807, 2.05) is 30.3 Å². The Kier molecular flexibility index (Phi) is 5.53. The van der Waals surface area contributed by atoms with E-state index in [0.717, 1.165) is 11.6 Å². The van der Waals surface area contributed by atoms with Crippen molar-refractivity contribution in [2.45, 2.75) is 13.5 Å². The Labute approximate surface area is 136 Å².